The summed E-state index contributed by atoms with van der Waals surface area (Å²) in [5, 5.41) is 22.9. The molecule has 118 valence electrons. The minimum atomic E-state index is -0.509. The fraction of sp³-hybridized carbons (Fsp3) is 0.250. The van der Waals surface area contributed by atoms with Gasteiger partial charge in [0.05, 0.1) is 16.2 Å². The van der Waals surface area contributed by atoms with Crippen LogP contribution < -0.4 is 11.1 Å². The Morgan fingerprint density at radius 2 is 2.13 bits per heavy atom. The van der Waals surface area contributed by atoms with Gasteiger partial charge >= 0.3 is 0 Å². The molecule has 1 aromatic heterocycles. The second-order valence-corrected chi connectivity index (χ2v) is 5.07. The predicted octanol–water partition coefficient (Wildman–Crippen LogP) is 2.88. The van der Waals surface area contributed by atoms with Gasteiger partial charge < -0.3 is 11.1 Å². The number of nitrogen functional groups attached to an aromatic ring is 1. The molecule has 0 aliphatic carbocycles. The van der Waals surface area contributed by atoms with Crippen LogP contribution in [0.5, 0.6) is 0 Å². The molecule has 1 aromatic carbocycles. The van der Waals surface area contributed by atoms with Gasteiger partial charge in [-0.15, -0.1) is 0 Å². The van der Waals surface area contributed by atoms with Crippen molar-refractivity contribution in [2.45, 2.75) is 19.3 Å². The maximum absolute atomic E-state index is 10.7. The maximum atomic E-state index is 10.7. The van der Waals surface area contributed by atoms with Crippen LogP contribution >= 0.6 is 0 Å². The van der Waals surface area contributed by atoms with E-state index in [1.165, 1.54) is 12.1 Å². The summed E-state index contributed by atoms with van der Waals surface area (Å²) in [4.78, 5) is 14.1. The number of nitro groups is 1. The summed E-state index contributed by atoms with van der Waals surface area (Å²) in [6.07, 6.45) is 4.47. The number of aryl methyl sites for hydroxylation is 1. The number of nitriles is 1. The van der Waals surface area contributed by atoms with Gasteiger partial charge in [-0.3, -0.25) is 10.1 Å². The van der Waals surface area contributed by atoms with Crippen LogP contribution in [0.2, 0.25) is 0 Å². The molecule has 7 heteroatoms. The summed E-state index contributed by atoms with van der Waals surface area (Å²) in [5.41, 5.74) is 7.59. The van der Waals surface area contributed by atoms with Gasteiger partial charge in [-0.1, -0.05) is 0 Å². The third-order valence-electron chi connectivity index (χ3n) is 3.39. The van der Waals surface area contributed by atoms with Crippen molar-refractivity contribution in [1.82, 2.24) is 4.98 Å². The number of nitro benzene ring substituents is 1. The van der Waals surface area contributed by atoms with E-state index < -0.39 is 4.92 Å². The van der Waals surface area contributed by atoms with E-state index >= 15 is 0 Å². The summed E-state index contributed by atoms with van der Waals surface area (Å²) >= 11 is 0. The molecule has 1 heterocycles. The van der Waals surface area contributed by atoms with Gasteiger partial charge in [-0.05, 0) is 43.0 Å². The molecule has 3 N–H and O–H groups in total. The van der Waals surface area contributed by atoms with Gasteiger partial charge in [0.2, 0.25) is 0 Å². The molecule has 0 radical (unpaired) electrons. The lowest BCUT2D eigenvalue weighted by Gasteiger charge is -2.08. The minimum absolute atomic E-state index is 0.0811. The summed E-state index contributed by atoms with van der Waals surface area (Å²) in [6.45, 7) is 0.688. The fourth-order valence-electron chi connectivity index (χ4n) is 2.22. The van der Waals surface area contributed by atoms with E-state index in [1.54, 1.807) is 12.3 Å². The molecule has 0 amide bonds. The van der Waals surface area contributed by atoms with Gasteiger partial charge in [0.15, 0.2) is 0 Å². The quantitative estimate of drug-likeness (QED) is 0.461. The molecule has 2 rings (SSSR count). The van der Waals surface area contributed by atoms with Crippen molar-refractivity contribution >= 4 is 17.2 Å². The largest absolute Gasteiger partial charge is 0.384 e. The molecule has 7 nitrogen and oxygen atoms in total. The highest BCUT2D eigenvalue weighted by Gasteiger charge is 2.10. The van der Waals surface area contributed by atoms with Crippen molar-refractivity contribution in [3.63, 3.8) is 0 Å². The Morgan fingerprint density at radius 3 is 2.83 bits per heavy atom. The Kier molecular flexibility index (Phi) is 5.47. The van der Waals surface area contributed by atoms with E-state index in [0.29, 0.717) is 18.1 Å². The van der Waals surface area contributed by atoms with Crippen LogP contribution in [0.4, 0.5) is 17.2 Å². The van der Waals surface area contributed by atoms with Gasteiger partial charge in [0.1, 0.15) is 11.9 Å². The zero-order valence-corrected chi connectivity index (χ0v) is 12.5. The lowest BCUT2D eigenvalue weighted by atomic mass is 10.1. The molecule has 0 unspecified atom stereocenters. The van der Waals surface area contributed by atoms with Gasteiger partial charge in [0.25, 0.3) is 5.69 Å². The number of aromatic nitrogens is 1. The van der Waals surface area contributed by atoms with Crippen LogP contribution in [-0.2, 0) is 6.42 Å². The Labute approximate surface area is 133 Å². The maximum Gasteiger partial charge on any atom is 0.270 e. The van der Waals surface area contributed by atoms with Crippen molar-refractivity contribution in [3.05, 3.63) is 57.8 Å². The van der Waals surface area contributed by atoms with Gasteiger partial charge in [0, 0.05) is 24.9 Å². The zero-order chi connectivity index (χ0) is 16.7. The lowest BCUT2D eigenvalue weighted by molar-refractivity contribution is -0.384. The number of rotatable bonds is 7. The first-order valence-electron chi connectivity index (χ1n) is 7.23. The summed E-state index contributed by atoms with van der Waals surface area (Å²) in [7, 11) is 0. The number of anilines is 2. The number of nitrogens with two attached hydrogens (primary N) is 1. The molecule has 0 aliphatic heterocycles. The first-order valence-corrected chi connectivity index (χ1v) is 7.23. The van der Waals surface area contributed by atoms with Crippen LogP contribution in [0.15, 0.2) is 36.5 Å². The Balaban J connectivity index is 1.82. The zero-order valence-electron chi connectivity index (χ0n) is 12.5. The number of nitrogens with zero attached hydrogens (tertiary/aromatic N) is 3. The molecule has 0 aliphatic rings. The third kappa shape index (κ3) is 4.68. The first-order chi connectivity index (χ1) is 11.1. The molecule has 0 atom stereocenters. The van der Waals surface area contributed by atoms with Crippen molar-refractivity contribution in [2.24, 2.45) is 0 Å². The van der Waals surface area contributed by atoms with E-state index in [2.05, 4.69) is 10.3 Å². The molecular formula is C16H17N5O2. The van der Waals surface area contributed by atoms with Crippen LogP contribution in [0.1, 0.15) is 24.0 Å². The second-order valence-electron chi connectivity index (χ2n) is 5.07. The highest BCUT2D eigenvalue weighted by atomic mass is 16.6. The number of unbranched alkanes of at least 4 members (excludes halogenated alkanes) is 1. The van der Waals surface area contributed by atoms with E-state index in [4.69, 9.17) is 11.0 Å². The monoisotopic (exact) mass is 311 g/mol. The van der Waals surface area contributed by atoms with Crippen molar-refractivity contribution in [3.8, 4) is 6.07 Å². The number of non-ortho nitro benzene ring substituents is 1. The highest BCUT2D eigenvalue weighted by Crippen LogP contribution is 2.21. The average Bonchev–Trinajstić information content (AvgIpc) is 2.54. The predicted molar refractivity (Wildman–Crippen MR) is 87.9 cm³/mol. The summed E-state index contributed by atoms with van der Waals surface area (Å²) < 4.78 is 0. The number of hydrogen-bond donors (Lipinski definition) is 2. The van der Waals surface area contributed by atoms with Gasteiger partial charge in [-0.2, -0.15) is 5.26 Å². The Hall–Kier alpha value is -3.14. The SMILES string of the molecule is N#Cc1cc([N+](=O)[O-])ccc1NCCCCc1ccnc(N)c1. The smallest absolute Gasteiger partial charge is 0.270 e. The number of benzene rings is 1. The topological polar surface area (TPSA) is 118 Å². The molecule has 0 fully saturated rings. The lowest BCUT2D eigenvalue weighted by Crippen LogP contribution is -2.04. The number of nitrogens with one attached hydrogen (secondary N) is 1. The molecule has 0 saturated carbocycles. The summed E-state index contributed by atoms with van der Waals surface area (Å²) in [5.74, 6) is 0.519. The van der Waals surface area contributed by atoms with Crippen molar-refractivity contribution in [2.75, 3.05) is 17.6 Å². The number of hydrogen-bond acceptors (Lipinski definition) is 6. The molecular weight excluding hydrogens is 294 g/mol. The average molecular weight is 311 g/mol. The Morgan fingerprint density at radius 1 is 1.30 bits per heavy atom. The van der Waals surface area contributed by atoms with Gasteiger partial charge in [-0.25, -0.2) is 4.98 Å². The highest BCUT2D eigenvalue weighted by molar-refractivity contribution is 5.61. The van der Waals surface area contributed by atoms with Crippen molar-refractivity contribution in [1.29, 1.82) is 5.26 Å². The van der Waals surface area contributed by atoms with E-state index in [1.807, 2.05) is 18.2 Å². The van der Waals surface area contributed by atoms with E-state index in [0.717, 1.165) is 24.8 Å². The fourth-order valence-corrected chi connectivity index (χ4v) is 2.22. The molecule has 2 aromatic rings. The molecule has 23 heavy (non-hydrogen) atoms. The first kappa shape index (κ1) is 16.2. The van der Waals surface area contributed by atoms with Crippen LogP contribution in [0.25, 0.3) is 0 Å². The molecule has 0 spiro atoms. The van der Waals surface area contributed by atoms with E-state index in [-0.39, 0.29) is 11.3 Å². The minimum Gasteiger partial charge on any atom is -0.384 e. The third-order valence-corrected chi connectivity index (χ3v) is 3.39. The van der Waals surface area contributed by atoms with E-state index in [9.17, 15) is 10.1 Å². The molecule has 0 saturated heterocycles. The van der Waals surface area contributed by atoms with Crippen LogP contribution in [-0.4, -0.2) is 16.5 Å². The number of pyridine rings is 1. The van der Waals surface area contributed by atoms with Crippen molar-refractivity contribution < 1.29 is 4.92 Å². The van der Waals surface area contributed by atoms with Crippen LogP contribution in [0, 0.1) is 21.4 Å². The van der Waals surface area contributed by atoms with Crippen LogP contribution in [0.3, 0.4) is 0 Å². The standard InChI is InChI=1S/C16H17N5O2/c17-11-13-10-14(21(22)23)4-5-15(13)19-7-2-1-3-12-6-8-20-16(18)9-12/h4-6,8-10,19H,1-3,7H2,(H2,18,20). The molecule has 0 bridgehead atoms. The normalized spacial score (nSPS) is 10.0. The second kappa shape index (κ2) is 7.75. The Bertz CT molecular complexity index is 739. The summed E-state index contributed by atoms with van der Waals surface area (Å²) in [6, 6.07) is 10.0.